The standard InChI is InChI=1S/C14H20N2O2S/c1-10-7-12(8-10)16-19(17,18)13-5-4-11-3-2-6-15-14(11)9-13/h4-5,9-10,12,15-16H,2-3,6-8H2,1H3. The molecule has 0 radical (unpaired) electrons. The minimum Gasteiger partial charge on any atom is -0.385 e. The van der Waals surface area contributed by atoms with Crippen molar-refractivity contribution in [3.8, 4) is 0 Å². The van der Waals surface area contributed by atoms with E-state index in [1.165, 1.54) is 5.56 Å². The van der Waals surface area contributed by atoms with Crippen LogP contribution in [0.15, 0.2) is 23.1 Å². The van der Waals surface area contributed by atoms with Gasteiger partial charge in [-0.2, -0.15) is 0 Å². The number of aryl methyl sites for hydroxylation is 1. The van der Waals surface area contributed by atoms with E-state index < -0.39 is 10.0 Å². The lowest BCUT2D eigenvalue weighted by molar-refractivity contribution is 0.270. The average Bonchev–Trinajstić information content (AvgIpc) is 2.36. The smallest absolute Gasteiger partial charge is 0.240 e. The molecular formula is C14H20N2O2S. The summed E-state index contributed by atoms with van der Waals surface area (Å²) in [6.45, 7) is 3.07. The molecule has 5 heteroatoms. The molecule has 4 nitrogen and oxygen atoms in total. The van der Waals surface area contributed by atoms with E-state index in [1.54, 1.807) is 12.1 Å². The van der Waals surface area contributed by atoms with Crippen molar-refractivity contribution >= 4 is 15.7 Å². The summed E-state index contributed by atoms with van der Waals surface area (Å²) in [7, 11) is -3.37. The van der Waals surface area contributed by atoms with Crippen LogP contribution in [0.3, 0.4) is 0 Å². The molecule has 2 aliphatic rings. The van der Waals surface area contributed by atoms with Gasteiger partial charge in [-0.15, -0.1) is 0 Å². The van der Waals surface area contributed by atoms with Crippen LogP contribution in [0.1, 0.15) is 31.7 Å². The lowest BCUT2D eigenvalue weighted by Gasteiger charge is -2.33. The summed E-state index contributed by atoms with van der Waals surface area (Å²) in [5, 5.41) is 3.27. The number of nitrogens with one attached hydrogen (secondary N) is 2. The van der Waals surface area contributed by atoms with Gasteiger partial charge in [0, 0.05) is 18.3 Å². The van der Waals surface area contributed by atoms with Crippen molar-refractivity contribution in [2.45, 2.75) is 43.5 Å². The highest BCUT2D eigenvalue weighted by Gasteiger charge is 2.30. The Morgan fingerprint density at radius 2 is 2.11 bits per heavy atom. The van der Waals surface area contributed by atoms with Crippen LogP contribution in [0.25, 0.3) is 0 Å². The van der Waals surface area contributed by atoms with Crippen LogP contribution in [0.5, 0.6) is 0 Å². The molecule has 0 bridgehead atoms. The monoisotopic (exact) mass is 280 g/mol. The summed E-state index contributed by atoms with van der Waals surface area (Å²) in [5.74, 6) is 0.637. The Kier molecular flexibility index (Phi) is 3.27. The number of hydrogen-bond acceptors (Lipinski definition) is 3. The topological polar surface area (TPSA) is 58.2 Å². The third kappa shape index (κ3) is 2.62. The summed E-state index contributed by atoms with van der Waals surface area (Å²) in [6.07, 6.45) is 4.03. The van der Waals surface area contributed by atoms with Crippen LogP contribution in [-0.2, 0) is 16.4 Å². The fraction of sp³-hybridized carbons (Fsp3) is 0.571. The first-order valence-electron chi connectivity index (χ1n) is 6.94. The normalized spacial score (nSPS) is 26.2. The molecule has 1 aromatic rings. The van der Waals surface area contributed by atoms with Crippen molar-refractivity contribution < 1.29 is 8.42 Å². The van der Waals surface area contributed by atoms with E-state index in [0.29, 0.717) is 10.8 Å². The predicted octanol–water partition coefficient (Wildman–Crippen LogP) is 2.12. The molecule has 0 saturated heterocycles. The zero-order chi connectivity index (χ0) is 13.5. The summed E-state index contributed by atoms with van der Waals surface area (Å²) in [4.78, 5) is 0.375. The summed E-state index contributed by atoms with van der Waals surface area (Å²) >= 11 is 0. The quantitative estimate of drug-likeness (QED) is 0.891. The largest absolute Gasteiger partial charge is 0.385 e. The molecule has 1 aliphatic heterocycles. The summed E-state index contributed by atoms with van der Waals surface area (Å²) < 4.78 is 27.4. The molecule has 3 rings (SSSR count). The van der Waals surface area contributed by atoms with E-state index in [4.69, 9.17) is 0 Å². The molecule has 1 saturated carbocycles. The molecule has 1 fully saturated rings. The second-order valence-electron chi connectivity index (χ2n) is 5.74. The molecule has 19 heavy (non-hydrogen) atoms. The van der Waals surface area contributed by atoms with E-state index in [1.807, 2.05) is 6.07 Å². The minimum absolute atomic E-state index is 0.115. The molecule has 1 heterocycles. The van der Waals surface area contributed by atoms with E-state index in [0.717, 1.165) is 37.9 Å². The van der Waals surface area contributed by atoms with Crippen molar-refractivity contribution in [1.82, 2.24) is 4.72 Å². The third-order valence-electron chi connectivity index (χ3n) is 4.03. The van der Waals surface area contributed by atoms with Gasteiger partial charge < -0.3 is 5.32 Å². The SMILES string of the molecule is CC1CC(NS(=O)(=O)c2ccc3c(c2)NCCC3)C1. The first kappa shape index (κ1) is 12.9. The maximum Gasteiger partial charge on any atom is 0.240 e. The number of benzene rings is 1. The van der Waals surface area contributed by atoms with Crippen LogP contribution >= 0.6 is 0 Å². The molecule has 2 N–H and O–H groups in total. The zero-order valence-electron chi connectivity index (χ0n) is 11.1. The number of rotatable bonds is 3. The van der Waals surface area contributed by atoms with Crippen molar-refractivity contribution in [2.24, 2.45) is 5.92 Å². The highest BCUT2D eigenvalue weighted by atomic mass is 32.2. The first-order valence-corrected chi connectivity index (χ1v) is 8.42. The van der Waals surface area contributed by atoms with Crippen molar-refractivity contribution in [2.75, 3.05) is 11.9 Å². The van der Waals surface area contributed by atoms with Gasteiger partial charge in [0.15, 0.2) is 0 Å². The molecule has 0 spiro atoms. The highest BCUT2D eigenvalue weighted by Crippen LogP contribution is 2.29. The Morgan fingerprint density at radius 3 is 2.84 bits per heavy atom. The van der Waals surface area contributed by atoms with E-state index in [-0.39, 0.29) is 6.04 Å². The maximum absolute atomic E-state index is 12.3. The lowest BCUT2D eigenvalue weighted by atomic mass is 9.83. The minimum atomic E-state index is -3.37. The van der Waals surface area contributed by atoms with E-state index in [9.17, 15) is 8.42 Å². The second kappa shape index (κ2) is 4.80. The average molecular weight is 280 g/mol. The molecular weight excluding hydrogens is 260 g/mol. The Hall–Kier alpha value is -1.07. The van der Waals surface area contributed by atoms with Gasteiger partial charge in [0.1, 0.15) is 0 Å². The van der Waals surface area contributed by atoms with Gasteiger partial charge in [-0.1, -0.05) is 13.0 Å². The zero-order valence-corrected chi connectivity index (χ0v) is 12.0. The maximum atomic E-state index is 12.3. The van der Waals surface area contributed by atoms with Crippen molar-refractivity contribution in [3.63, 3.8) is 0 Å². The molecule has 1 aromatic carbocycles. The van der Waals surface area contributed by atoms with Crippen LogP contribution < -0.4 is 10.0 Å². The Balaban J connectivity index is 1.80. The van der Waals surface area contributed by atoms with E-state index >= 15 is 0 Å². The molecule has 1 aliphatic carbocycles. The molecule has 0 atom stereocenters. The fourth-order valence-corrected chi connectivity index (χ4v) is 4.18. The van der Waals surface area contributed by atoms with Gasteiger partial charge in [0.2, 0.25) is 10.0 Å². The number of sulfonamides is 1. The first-order chi connectivity index (χ1) is 9.04. The van der Waals surface area contributed by atoms with Crippen LogP contribution in [-0.4, -0.2) is 21.0 Å². The highest BCUT2D eigenvalue weighted by molar-refractivity contribution is 7.89. The Morgan fingerprint density at radius 1 is 1.32 bits per heavy atom. The predicted molar refractivity (Wildman–Crippen MR) is 75.8 cm³/mol. The number of hydrogen-bond donors (Lipinski definition) is 2. The fourth-order valence-electron chi connectivity index (χ4n) is 2.89. The van der Waals surface area contributed by atoms with Gasteiger partial charge in [-0.25, -0.2) is 13.1 Å². The molecule has 104 valence electrons. The van der Waals surface area contributed by atoms with Gasteiger partial charge in [0.05, 0.1) is 4.90 Å². The summed E-state index contributed by atoms with van der Waals surface area (Å²) in [5.41, 5.74) is 2.18. The van der Waals surface area contributed by atoms with Crippen LogP contribution in [0, 0.1) is 5.92 Å². The number of anilines is 1. The summed E-state index contributed by atoms with van der Waals surface area (Å²) in [6, 6.07) is 5.53. The molecule has 0 amide bonds. The van der Waals surface area contributed by atoms with Gasteiger partial charge >= 0.3 is 0 Å². The number of fused-ring (bicyclic) bond motifs is 1. The Bertz CT molecular complexity index is 577. The van der Waals surface area contributed by atoms with Gasteiger partial charge in [-0.3, -0.25) is 0 Å². The Labute approximate surface area is 114 Å². The molecule has 0 unspecified atom stereocenters. The van der Waals surface area contributed by atoms with Crippen molar-refractivity contribution in [1.29, 1.82) is 0 Å². The van der Waals surface area contributed by atoms with Gasteiger partial charge in [-0.05, 0) is 49.3 Å². The molecule has 0 aromatic heterocycles. The third-order valence-corrected chi connectivity index (χ3v) is 5.54. The van der Waals surface area contributed by atoms with Crippen LogP contribution in [0.4, 0.5) is 5.69 Å². The van der Waals surface area contributed by atoms with Crippen molar-refractivity contribution in [3.05, 3.63) is 23.8 Å². The van der Waals surface area contributed by atoms with Crippen LogP contribution in [0.2, 0.25) is 0 Å². The second-order valence-corrected chi connectivity index (χ2v) is 7.46. The van der Waals surface area contributed by atoms with E-state index in [2.05, 4.69) is 17.0 Å². The lowest BCUT2D eigenvalue weighted by Crippen LogP contribution is -2.43. The van der Waals surface area contributed by atoms with Gasteiger partial charge in [0.25, 0.3) is 0 Å².